The van der Waals surface area contributed by atoms with Crippen LogP contribution in [0.25, 0.3) is 0 Å². The molecule has 1 aromatic rings. The van der Waals surface area contributed by atoms with Crippen molar-refractivity contribution in [1.82, 2.24) is 0 Å². The average molecular weight is 278 g/mol. The van der Waals surface area contributed by atoms with Gasteiger partial charge in [0.25, 0.3) is 0 Å². The Morgan fingerprint density at radius 1 is 1.10 bits per heavy atom. The molecule has 1 fully saturated rings. The molecule has 0 spiro atoms. The van der Waals surface area contributed by atoms with Gasteiger partial charge in [-0.1, -0.05) is 51.2 Å². The standard InChI is InChI=1S/C18H27FO/c1-2-14-3-5-15(6-4-14)7-10-17(19)13-16-8-11-18(20)12-9-16/h8-9,11-12,14-15,17,20H,2-7,10,13H2,1H3. The average Bonchev–Trinajstić information content (AvgIpc) is 2.48. The summed E-state index contributed by atoms with van der Waals surface area (Å²) in [6.07, 6.45) is 8.03. The molecule has 0 aliphatic heterocycles. The molecule has 0 aromatic heterocycles. The van der Waals surface area contributed by atoms with E-state index in [1.54, 1.807) is 12.1 Å². The van der Waals surface area contributed by atoms with E-state index >= 15 is 0 Å². The molecule has 0 amide bonds. The zero-order valence-corrected chi connectivity index (χ0v) is 12.5. The van der Waals surface area contributed by atoms with Crippen molar-refractivity contribution in [2.45, 2.75) is 64.5 Å². The number of hydrogen-bond acceptors (Lipinski definition) is 1. The molecule has 1 atom stereocenters. The van der Waals surface area contributed by atoms with Crippen molar-refractivity contribution in [1.29, 1.82) is 0 Å². The van der Waals surface area contributed by atoms with E-state index in [0.717, 1.165) is 23.8 Å². The van der Waals surface area contributed by atoms with Crippen LogP contribution in [-0.4, -0.2) is 11.3 Å². The highest BCUT2D eigenvalue weighted by atomic mass is 19.1. The zero-order chi connectivity index (χ0) is 14.4. The highest BCUT2D eigenvalue weighted by molar-refractivity contribution is 5.26. The Kier molecular flexibility index (Phi) is 5.87. The van der Waals surface area contributed by atoms with Gasteiger partial charge in [0.05, 0.1) is 0 Å². The Morgan fingerprint density at radius 2 is 1.70 bits per heavy atom. The number of phenols is 1. The normalized spacial score (nSPS) is 24.5. The maximum Gasteiger partial charge on any atom is 0.115 e. The van der Waals surface area contributed by atoms with E-state index in [1.165, 1.54) is 32.1 Å². The summed E-state index contributed by atoms with van der Waals surface area (Å²) in [5.41, 5.74) is 0.977. The lowest BCUT2D eigenvalue weighted by Gasteiger charge is -2.28. The third-order valence-corrected chi connectivity index (χ3v) is 4.83. The summed E-state index contributed by atoms with van der Waals surface area (Å²) in [6, 6.07) is 6.89. The Labute approximate surface area is 122 Å². The maximum absolute atomic E-state index is 14.0. The van der Waals surface area contributed by atoms with E-state index in [9.17, 15) is 9.50 Å². The van der Waals surface area contributed by atoms with Crippen LogP contribution in [0, 0.1) is 11.8 Å². The van der Waals surface area contributed by atoms with Crippen LogP contribution in [0.4, 0.5) is 4.39 Å². The van der Waals surface area contributed by atoms with E-state index in [1.807, 2.05) is 12.1 Å². The Balaban J connectivity index is 1.67. The molecule has 1 unspecified atom stereocenters. The van der Waals surface area contributed by atoms with E-state index < -0.39 is 6.17 Å². The van der Waals surface area contributed by atoms with Gasteiger partial charge in [-0.05, 0) is 42.4 Å². The van der Waals surface area contributed by atoms with Crippen LogP contribution in [0.15, 0.2) is 24.3 Å². The second-order valence-electron chi connectivity index (χ2n) is 6.34. The van der Waals surface area contributed by atoms with Crippen molar-refractivity contribution in [3.63, 3.8) is 0 Å². The van der Waals surface area contributed by atoms with Crippen LogP contribution in [0.3, 0.4) is 0 Å². The predicted octanol–water partition coefficient (Wildman–Crippen LogP) is 5.27. The SMILES string of the molecule is CCC1CCC(CCC(F)Cc2ccc(O)cc2)CC1. The van der Waals surface area contributed by atoms with Gasteiger partial charge in [0.1, 0.15) is 11.9 Å². The van der Waals surface area contributed by atoms with Gasteiger partial charge in [0, 0.05) is 6.42 Å². The number of rotatable bonds is 6. The van der Waals surface area contributed by atoms with Gasteiger partial charge in [-0.15, -0.1) is 0 Å². The number of aromatic hydroxyl groups is 1. The van der Waals surface area contributed by atoms with Crippen LogP contribution < -0.4 is 0 Å². The quantitative estimate of drug-likeness (QED) is 0.751. The Hall–Kier alpha value is -1.05. The van der Waals surface area contributed by atoms with Gasteiger partial charge in [-0.2, -0.15) is 0 Å². The largest absolute Gasteiger partial charge is 0.508 e. The minimum atomic E-state index is -0.747. The molecule has 0 radical (unpaired) electrons. The van der Waals surface area contributed by atoms with Crippen molar-refractivity contribution in [2.24, 2.45) is 11.8 Å². The lowest BCUT2D eigenvalue weighted by atomic mass is 9.78. The molecule has 1 aromatic carbocycles. The molecule has 1 saturated carbocycles. The van der Waals surface area contributed by atoms with Crippen molar-refractivity contribution < 1.29 is 9.50 Å². The summed E-state index contributed by atoms with van der Waals surface area (Å²) in [7, 11) is 0. The fraction of sp³-hybridized carbons (Fsp3) is 0.667. The molecule has 0 heterocycles. The number of alkyl halides is 1. The summed E-state index contributed by atoms with van der Waals surface area (Å²) in [5.74, 6) is 1.91. The number of halogens is 1. The van der Waals surface area contributed by atoms with Gasteiger partial charge < -0.3 is 5.11 Å². The van der Waals surface area contributed by atoms with Crippen LogP contribution in [0.1, 0.15) is 57.4 Å². The third-order valence-electron chi connectivity index (χ3n) is 4.83. The van der Waals surface area contributed by atoms with Gasteiger partial charge in [-0.3, -0.25) is 0 Å². The molecule has 1 N–H and O–H groups in total. The fourth-order valence-corrected chi connectivity index (χ4v) is 3.33. The molecule has 1 aliphatic carbocycles. The molecule has 1 aliphatic rings. The third kappa shape index (κ3) is 4.81. The van der Waals surface area contributed by atoms with Crippen molar-refractivity contribution in [2.75, 3.05) is 0 Å². The molecule has 2 heteroatoms. The second-order valence-corrected chi connectivity index (χ2v) is 6.34. The first kappa shape index (κ1) is 15.3. The van der Waals surface area contributed by atoms with E-state index in [0.29, 0.717) is 12.8 Å². The Bertz CT molecular complexity index is 379. The van der Waals surface area contributed by atoms with Crippen LogP contribution >= 0.6 is 0 Å². The van der Waals surface area contributed by atoms with E-state index in [-0.39, 0.29) is 5.75 Å². The minimum Gasteiger partial charge on any atom is -0.508 e. The number of phenolic OH excluding ortho intramolecular Hbond substituents is 1. The first-order valence-electron chi connectivity index (χ1n) is 8.09. The van der Waals surface area contributed by atoms with E-state index in [4.69, 9.17) is 0 Å². The molecule has 2 rings (SSSR count). The highest BCUT2D eigenvalue weighted by Crippen LogP contribution is 2.33. The van der Waals surface area contributed by atoms with Gasteiger partial charge in [-0.25, -0.2) is 4.39 Å². The molecular weight excluding hydrogens is 251 g/mol. The molecule has 20 heavy (non-hydrogen) atoms. The number of benzene rings is 1. The lowest BCUT2D eigenvalue weighted by Crippen LogP contribution is -2.16. The summed E-state index contributed by atoms with van der Waals surface area (Å²) < 4.78 is 14.0. The van der Waals surface area contributed by atoms with Gasteiger partial charge in [0.2, 0.25) is 0 Å². The molecule has 1 nitrogen and oxygen atoms in total. The molecule has 0 bridgehead atoms. The molecular formula is C18H27FO. The predicted molar refractivity (Wildman–Crippen MR) is 81.7 cm³/mol. The van der Waals surface area contributed by atoms with Crippen LogP contribution in [-0.2, 0) is 6.42 Å². The first-order chi connectivity index (χ1) is 9.67. The maximum atomic E-state index is 14.0. The topological polar surface area (TPSA) is 20.2 Å². The molecule has 112 valence electrons. The summed E-state index contributed by atoms with van der Waals surface area (Å²) >= 11 is 0. The minimum absolute atomic E-state index is 0.247. The summed E-state index contributed by atoms with van der Waals surface area (Å²) in [6.45, 7) is 2.28. The fourth-order valence-electron chi connectivity index (χ4n) is 3.33. The van der Waals surface area contributed by atoms with Crippen molar-refractivity contribution in [3.05, 3.63) is 29.8 Å². The smallest absolute Gasteiger partial charge is 0.115 e. The van der Waals surface area contributed by atoms with Crippen molar-refractivity contribution >= 4 is 0 Å². The van der Waals surface area contributed by atoms with Gasteiger partial charge >= 0.3 is 0 Å². The lowest BCUT2D eigenvalue weighted by molar-refractivity contribution is 0.225. The van der Waals surface area contributed by atoms with Crippen LogP contribution in [0.2, 0.25) is 0 Å². The molecule has 0 saturated heterocycles. The second kappa shape index (κ2) is 7.66. The summed E-state index contributed by atoms with van der Waals surface area (Å²) in [5, 5.41) is 9.21. The zero-order valence-electron chi connectivity index (χ0n) is 12.5. The Morgan fingerprint density at radius 3 is 2.30 bits per heavy atom. The van der Waals surface area contributed by atoms with Crippen LogP contribution in [0.5, 0.6) is 5.75 Å². The van der Waals surface area contributed by atoms with Crippen molar-refractivity contribution in [3.8, 4) is 5.75 Å². The number of hydrogen-bond donors (Lipinski definition) is 1. The first-order valence-corrected chi connectivity index (χ1v) is 8.09. The highest BCUT2D eigenvalue weighted by Gasteiger charge is 2.21. The van der Waals surface area contributed by atoms with E-state index in [2.05, 4.69) is 6.92 Å². The monoisotopic (exact) mass is 278 g/mol. The van der Waals surface area contributed by atoms with Gasteiger partial charge in [0.15, 0.2) is 0 Å². The summed E-state index contributed by atoms with van der Waals surface area (Å²) in [4.78, 5) is 0.